The summed E-state index contributed by atoms with van der Waals surface area (Å²) in [5, 5.41) is 3.59. The second kappa shape index (κ2) is 8.73. The fraction of sp³-hybridized carbons (Fsp3) is 0.250. The lowest BCUT2D eigenvalue weighted by Crippen LogP contribution is -2.27. The van der Waals surface area contributed by atoms with Gasteiger partial charge in [0.05, 0.1) is 24.6 Å². The molecular formula is C20H21N3O3S. The molecule has 6 nitrogen and oxygen atoms in total. The van der Waals surface area contributed by atoms with Gasteiger partial charge in [-0.05, 0) is 49.4 Å². The second-order valence-corrected chi connectivity index (χ2v) is 6.64. The first-order valence-electron chi connectivity index (χ1n) is 8.50. The van der Waals surface area contributed by atoms with Crippen molar-refractivity contribution in [1.29, 1.82) is 0 Å². The number of amides is 1. The second-order valence-electron chi connectivity index (χ2n) is 5.85. The number of nitrogens with zero attached hydrogens (tertiary/aromatic N) is 2. The number of rotatable bonds is 7. The van der Waals surface area contributed by atoms with Crippen LogP contribution in [-0.2, 0) is 6.42 Å². The topological polar surface area (TPSA) is 77.2 Å². The van der Waals surface area contributed by atoms with E-state index in [9.17, 15) is 4.79 Å². The first-order chi connectivity index (χ1) is 13.1. The van der Waals surface area contributed by atoms with Crippen LogP contribution in [0.25, 0.3) is 11.6 Å². The lowest BCUT2D eigenvalue weighted by molar-refractivity contribution is 0.0949. The summed E-state index contributed by atoms with van der Waals surface area (Å²) in [4.78, 5) is 21.6. The zero-order chi connectivity index (χ0) is 19.2. The first kappa shape index (κ1) is 19.0. The maximum Gasteiger partial charge on any atom is 0.255 e. The van der Waals surface area contributed by atoms with E-state index in [4.69, 9.17) is 9.15 Å². The van der Waals surface area contributed by atoms with Crippen molar-refractivity contribution in [2.24, 2.45) is 0 Å². The third-order valence-corrected chi connectivity index (χ3v) is 4.76. The van der Waals surface area contributed by atoms with Crippen LogP contribution in [0.1, 0.15) is 21.6 Å². The molecule has 0 unspecified atom stereocenters. The van der Waals surface area contributed by atoms with Gasteiger partial charge in [-0.1, -0.05) is 12.1 Å². The van der Waals surface area contributed by atoms with Gasteiger partial charge in [0.25, 0.3) is 5.91 Å². The maximum atomic E-state index is 12.7. The van der Waals surface area contributed by atoms with E-state index in [1.165, 1.54) is 11.8 Å². The third kappa shape index (κ3) is 4.49. The van der Waals surface area contributed by atoms with Crippen molar-refractivity contribution in [2.45, 2.75) is 18.4 Å². The van der Waals surface area contributed by atoms with Crippen LogP contribution in [0.4, 0.5) is 0 Å². The highest BCUT2D eigenvalue weighted by Crippen LogP contribution is 2.25. The zero-order valence-corrected chi connectivity index (χ0v) is 16.3. The van der Waals surface area contributed by atoms with Crippen LogP contribution < -0.4 is 10.1 Å². The first-order valence-corrected chi connectivity index (χ1v) is 9.72. The number of carbonyl (C=O) groups excluding carboxylic acids is 1. The van der Waals surface area contributed by atoms with Crippen LogP contribution in [0.2, 0.25) is 0 Å². The van der Waals surface area contributed by atoms with Crippen molar-refractivity contribution in [1.82, 2.24) is 15.3 Å². The number of ether oxygens (including phenoxy) is 1. The van der Waals surface area contributed by atoms with Gasteiger partial charge in [0.15, 0.2) is 11.6 Å². The minimum absolute atomic E-state index is 0.170. The van der Waals surface area contributed by atoms with E-state index in [0.29, 0.717) is 34.4 Å². The summed E-state index contributed by atoms with van der Waals surface area (Å²) < 4.78 is 10.5. The zero-order valence-electron chi connectivity index (χ0n) is 15.5. The number of carbonyl (C=O) groups is 1. The lowest BCUT2D eigenvalue weighted by Gasteiger charge is -2.12. The van der Waals surface area contributed by atoms with Gasteiger partial charge < -0.3 is 14.5 Å². The molecule has 0 aliphatic carbocycles. The summed E-state index contributed by atoms with van der Waals surface area (Å²) in [5.74, 6) is 1.71. The minimum Gasteiger partial charge on any atom is -0.497 e. The maximum absolute atomic E-state index is 12.7. The highest BCUT2D eigenvalue weighted by atomic mass is 32.2. The summed E-state index contributed by atoms with van der Waals surface area (Å²) in [6, 6.07) is 11.4. The van der Waals surface area contributed by atoms with Gasteiger partial charge in [0.1, 0.15) is 10.8 Å². The number of hydrogen-bond acceptors (Lipinski definition) is 6. The predicted molar refractivity (Wildman–Crippen MR) is 105 cm³/mol. The average molecular weight is 383 g/mol. The number of furan rings is 1. The minimum atomic E-state index is -0.170. The Labute approximate surface area is 162 Å². The number of nitrogens with one attached hydrogen (secondary N) is 1. The Bertz CT molecular complexity index is 909. The van der Waals surface area contributed by atoms with Crippen LogP contribution in [0, 0.1) is 6.92 Å². The molecule has 0 saturated heterocycles. The Kier molecular flexibility index (Phi) is 6.13. The number of hydrogen-bond donors (Lipinski definition) is 1. The standard InChI is InChI=1S/C20H21N3O3S/c1-13-17(20(27-3)23-18(22-13)16-5-4-12-26-16)19(24)21-11-10-14-6-8-15(25-2)9-7-14/h4-9,12H,10-11H2,1-3H3,(H,21,24). The summed E-state index contributed by atoms with van der Waals surface area (Å²) in [6.07, 6.45) is 4.20. The van der Waals surface area contributed by atoms with Crippen molar-refractivity contribution >= 4 is 17.7 Å². The average Bonchev–Trinajstić information content (AvgIpc) is 3.22. The molecule has 1 amide bonds. The highest BCUT2D eigenvalue weighted by Gasteiger charge is 2.19. The van der Waals surface area contributed by atoms with E-state index >= 15 is 0 Å². The van der Waals surface area contributed by atoms with Gasteiger partial charge >= 0.3 is 0 Å². The Morgan fingerprint density at radius 1 is 1.22 bits per heavy atom. The monoisotopic (exact) mass is 383 g/mol. The van der Waals surface area contributed by atoms with Crippen molar-refractivity contribution in [3.05, 3.63) is 59.5 Å². The molecule has 27 heavy (non-hydrogen) atoms. The van der Waals surface area contributed by atoms with Crippen LogP contribution >= 0.6 is 11.8 Å². The van der Waals surface area contributed by atoms with Crippen LogP contribution in [0.5, 0.6) is 5.75 Å². The number of aromatic nitrogens is 2. The number of aryl methyl sites for hydroxylation is 1. The molecule has 1 N–H and O–H groups in total. The van der Waals surface area contributed by atoms with E-state index in [1.54, 1.807) is 25.5 Å². The highest BCUT2D eigenvalue weighted by molar-refractivity contribution is 7.98. The molecule has 0 radical (unpaired) electrons. The van der Waals surface area contributed by atoms with Crippen molar-refractivity contribution in [2.75, 3.05) is 19.9 Å². The van der Waals surface area contributed by atoms with Gasteiger partial charge in [-0.15, -0.1) is 11.8 Å². The molecule has 0 spiro atoms. The lowest BCUT2D eigenvalue weighted by atomic mass is 10.1. The number of methoxy groups -OCH3 is 1. The molecule has 0 atom stereocenters. The fourth-order valence-corrected chi connectivity index (χ4v) is 3.29. The molecule has 2 aromatic heterocycles. The van der Waals surface area contributed by atoms with Crippen molar-refractivity contribution in [3.63, 3.8) is 0 Å². The van der Waals surface area contributed by atoms with Gasteiger partial charge in [-0.3, -0.25) is 4.79 Å². The summed E-state index contributed by atoms with van der Waals surface area (Å²) in [6.45, 7) is 2.34. The Balaban J connectivity index is 1.70. The molecule has 0 bridgehead atoms. The fourth-order valence-electron chi connectivity index (χ4n) is 2.67. The molecule has 140 valence electrons. The van der Waals surface area contributed by atoms with Crippen LogP contribution in [-0.4, -0.2) is 35.8 Å². The molecule has 2 heterocycles. The van der Waals surface area contributed by atoms with Crippen LogP contribution in [0.15, 0.2) is 52.1 Å². The van der Waals surface area contributed by atoms with E-state index < -0.39 is 0 Å². The molecule has 3 rings (SSSR count). The SMILES string of the molecule is COc1ccc(CCNC(=O)c2c(C)nc(-c3ccco3)nc2SC)cc1. The molecule has 0 aliphatic heterocycles. The van der Waals surface area contributed by atoms with Crippen LogP contribution in [0.3, 0.4) is 0 Å². The molecule has 1 aromatic carbocycles. The summed E-state index contributed by atoms with van der Waals surface area (Å²) in [7, 11) is 1.64. The van der Waals surface area contributed by atoms with Gasteiger partial charge in [-0.2, -0.15) is 0 Å². The number of benzene rings is 1. The van der Waals surface area contributed by atoms with Gasteiger partial charge in [0.2, 0.25) is 0 Å². The quantitative estimate of drug-likeness (QED) is 0.495. The third-order valence-electron chi connectivity index (χ3n) is 4.08. The van der Waals surface area contributed by atoms with E-state index in [2.05, 4.69) is 15.3 Å². The molecule has 7 heteroatoms. The molecule has 3 aromatic rings. The van der Waals surface area contributed by atoms with E-state index in [-0.39, 0.29) is 5.91 Å². The molecule has 0 fully saturated rings. The Morgan fingerprint density at radius 3 is 2.63 bits per heavy atom. The van der Waals surface area contributed by atoms with Gasteiger partial charge in [0, 0.05) is 6.54 Å². The van der Waals surface area contributed by atoms with Gasteiger partial charge in [-0.25, -0.2) is 9.97 Å². The molecule has 0 saturated carbocycles. The molecule has 0 aliphatic rings. The summed E-state index contributed by atoms with van der Waals surface area (Å²) in [5.41, 5.74) is 2.26. The molecular weight excluding hydrogens is 362 g/mol. The Hall–Kier alpha value is -2.80. The number of thioether (sulfide) groups is 1. The van der Waals surface area contributed by atoms with E-state index in [1.807, 2.05) is 37.4 Å². The van der Waals surface area contributed by atoms with Crippen molar-refractivity contribution in [3.8, 4) is 17.3 Å². The smallest absolute Gasteiger partial charge is 0.255 e. The van der Waals surface area contributed by atoms with Crippen molar-refractivity contribution < 1.29 is 13.9 Å². The normalized spacial score (nSPS) is 10.6. The van der Waals surface area contributed by atoms with E-state index in [0.717, 1.165) is 17.7 Å². The summed E-state index contributed by atoms with van der Waals surface area (Å²) >= 11 is 1.42. The predicted octanol–water partition coefficient (Wildman–Crippen LogP) is 3.75. The Morgan fingerprint density at radius 2 is 2.00 bits per heavy atom. The largest absolute Gasteiger partial charge is 0.497 e.